The van der Waals surface area contributed by atoms with Crippen molar-refractivity contribution in [2.24, 2.45) is 11.1 Å². The first-order chi connectivity index (χ1) is 7.67. The summed E-state index contributed by atoms with van der Waals surface area (Å²) in [5.74, 6) is 0.384. The Morgan fingerprint density at radius 2 is 2.25 bits per heavy atom. The van der Waals surface area contributed by atoms with Gasteiger partial charge in [-0.15, -0.1) is 0 Å². The molecule has 4 nitrogen and oxygen atoms in total. The van der Waals surface area contributed by atoms with Gasteiger partial charge in [0.1, 0.15) is 5.82 Å². The van der Waals surface area contributed by atoms with Crippen molar-refractivity contribution < 1.29 is 4.79 Å². The number of nitrogens with zero attached hydrogens (tertiary/aromatic N) is 1. The number of aromatic nitrogens is 1. The first kappa shape index (κ1) is 11.1. The van der Waals surface area contributed by atoms with Crippen LogP contribution in [-0.2, 0) is 0 Å². The van der Waals surface area contributed by atoms with E-state index in [1.54, 1.807) is 18.3 Å². The standard InChI is InChI=1S/C12H17N3O/c13-8-12(4-2-5-12)7-10(16)9-3-1-6-15-11(9)14/h1,3,6H,2,4-5,7-8,13H2,(H2,14,15). The Morgan fingerprint density at radius 3 is 2.75 bits per heavy atom. The van der Waals surface area contributed by atoms with Gasteiger partial charge in [-0.3, -0.25) is 4.79 Å². The van der Waals surface area contributed by atoms with Gasteiger partial charge in [0.25, 0.3) is 0 Å². The maximum Gasteiger partial charge on any atom is 0.167 e. The lowest BCUT2D eigenvalue weighted by atomic mass is 9.65. The van der Waals surface area contributed by atoms with Gasteiger partial charge in [-0.2, -0.15) is 0 Å². The normalized spacial score (nSPS) is 17.8. The molecule has 0 radical (unpaired) electrons. The predicted octanol–water partition coefficient (Wildman–Crippen LogP) is 1.37. The van der Waals surface area contributed by atoms with Crippen LogP contribution >= 0.6 is 0 Å². The molecule has 4 N–H and O–H groups in total. The summed E-state index contributed by atoms with van der Waals surface area (Å²) in [4.78, 5) is 16.0. The number of anilines is 1. The summed E-state index contributed by atoms with van der Waals surface area (Å²) in [6.07, 6.45) is 5.37. The predicted molar refractivity (Wildman–Crippen MR) is 62.9 cm³/mol. The van der Waals surface area contributed by atoms with Gasteiger partial charge >= 0.3 is 0 Å². The molecule has 0 spiro atoms. The Labute approximate surface area is 95.0 Å². The van der Waals surface area contributed by atoms with Crippen molar-refractivity contribution in [1.29, 1.82) is 0 Å². The zero-order valence-electron chi connectivity index (χ0n) is 9.28. The van der Waals surface area contributed by atoms with Crippen LogP contribution in [-0.4, -0.2) is 17.3 Å². The molecule has 1 aliphatic carbocycles. The zero-order valence-corrected chi connectivity index (χ0v) is 9.28. The molecular formula is C12H17N3O. The summed E-state index contributed by atoms with van der Waals surface area (Å²) in [5.41, 5.74) is 12.0. The summed E-state index contributed by atoms with van der Waals surface area (Å²) in [7, 11) is 0. The average molecular weight is 219 g/mol. The molecule has 0 unspecified atom stereocenters. The molecule has 1 fully saturated rings. The largest absolute Gasteiger partial charge is 0.383 e. The highest BCUT2D eigenvalue weighted by atomic mass is 16.1. The molecular weight excluding hydrogens is 202 g/mol. The smallest absolute Gasteiger partial charge is 0.167 e. The molecule has 1 aromatic heterocycles. The highest BCUT2D eigenvalue weighted by Gasteiger charge is 2.37. The minimum Gasteiger partial charge on any atom is -0.383 e. The van der Waals surface area contributed by atoms with Crippen LogP contribution in [0.4, 0.5) is 5.82 Å². The van der Waals surface area contributed by atoms with Crippen molar-refractivity contribution in [3.05, 3.63) is 23.9 Å². The van der Waals surface area contributed by atoms with Crippen molar-refractivity contribution in [3.8, 4) is 0 Å². The number of nitrogens with two attached hydrogens (primary N) is 2. The molecule has 0 atom stereocenters. The molecule has 0 bridgehead atoms. The molecule has 0 amide bonds. The molecule has 0 saturated heterocycles. The summed E-state index contributed by atoms with van der Waals surface area (Å²) in [5, 5.41) is 0. The molecule has 0 aliphatic heterocycles. The van der Waals surface area contributed by atoms with E-state index in [4.69, 9.17) is 11.5 Å². The monoisotopic (exact) mass is 219 g/mol. The molecule has 1 saturated carbocycles. The number of ketones is 1. The fourth-order valence-electron chi connectivity index (χ4n) is 2.22. The van der Waals surface area contributed by atoms with Crippen LogP contribution in [0.25, 0.3) is 0 Å². The Morgan fingerprint density at radius 1 is 1.50 bits per heavy atom. The van der Waals surface area contributed by atoms with Crippen LogP contribution in [0.5, 0.6) is 0 Å². The number of rotatable bonds is 4. The van der Waals surface area contributed by atoms with Crippen LogP contribution in [0.15, 0.2) is 18.3 Å². The van der Waals surface area contributed by atoms with Crippen molar-refractivity contribution in [2.75, 3.05) is 12.3 Å². The maximum atomic E-state index is 12.1. The third-order valence-electron chi connectivity index (χ3n) is 3.52. The highest BCUT2D eigenvalue weighted by Crippen LogP contribution is 2.43. The second kappa shape index (κ2) is 4.22. The van der Waals surface area contributed by atoms with Crippen molar-refractivity contribution in [3.63, 3.8) is 0 Å². The van der Waals surface area contributed by atoms with E-state index < -0.39 is 0 Å². The Kier molecular flexibility index (Phi) is 2.92. The summed E-state index contributed by atoms with van der Waals surface area (Å²) in [6.45, 7) is 0.582. The number of nitrogen functional groups attached to an aromatic ring is 1. The third-order valence-corrected chi connectivity index (χ3v) is 3.52. The van der Waals surface area contributed by atoms with E-state index in [-0.39, 0.29) is 11.2 Å². The van der Waals surface area contributed by atoms with Crippen molar-refractivity contribution in [1.82, 2.24) is 4.98 Å². The van der Waals surface area contributed by atoms with Gasteiger partial charge in [-0.05, 0) is 36.9 Å². The quantitative estimate of drug-likeness (QED) is 0.749. The first-order valence-electron chi connectivity index (χ1n) is 5.61. The second-order valence-corrected chi connectivity index (χ2v) is 4.59. The highest BCUT2D eigenvalue weighted by molar-refractivity contribution is 6.00. The van der Waals surface area contributed by atoms with E-state index >= 15 is 0 Å². The fourth-order valence-corrected chi connectivity index (χ4v) is 2.22. The summed E-state index contributed by atoms with van der Waals surface area (Å²) >= 11 is 0. The van der Waals surface area contributed by atoms with Crippen LogP contribution in [0, 0.1) is 5.41 Å². The number of hydrogen-bond acceptors (Lipinski definition) is 4. The van der Waals surface area contributed by atoms with Crippen LogP contribution < -0.4 is 11.5 Å². The minimum absolute atomic E-state index is 0.0271. The third kappa shape index (κ3) is 1.93. The Bertz CT molecular complexity index is 393. The average Bonchev–Trinajstić information content (AvgIpc) is 2.24. The topological polar surface area (TPSA) is 82.0 Å². The fraction of sp³-hybridized carbons (Fsp3) is 0.500. The van der Waals surface area contributed by atoms with E-state index in [0.29, 0.717) is 24.3 Å². The van der Waals surface area contributed by atoms with E-state index in [1.807, 2.05) is 0 Å². The number of pyridine rings is 1. The lowest BCUT2D eigenvalue weighted by molar-refractivity contribution is 0.0786. The molecule has 0 aromatic carbocycles. The van der Waals surface area contributed by atoms with E-state index in [9.17, 15) is 4.79 Å². The molecule has 16 heavy (non-hydrogen) atoms. The minimum atomic E-state index is 0.0271. The number of carbonyl (C=O) groups excluding carboxylic acids is 1. The molecule has 2 rings (SSSR count). The van der Waals surface area contributed by atoms with E-state index in [0.717, 1.165) is 12.8 Å². The lowest BCUT2D eigenvalue weighted by Crippen LogP contribution is -2.39. The van der Waals surface area contributed by atoms with Gasteiger partial charge in [-0.1, -0.05) is 6.42 Å². The van der Waals surface area contributed by atoms with Crippen molar-refractivity contribution in [2.45, 2.75) is 25.7 Å². The maximum absolute atomic E-state index is 12.1. The van der Waals surface area contributed by atoms with Crippen LogP contribution in [0.2, 0.25) is 0 Å². The van der Waals surface area contributed by atoms with Crippen molar-refractivity contribution >= 4 is 11.6 Å². The zero-order chi connectivity index (χ0) is 11.6. The van der Waals surface area contributed by atoms with Gasteiger partial charge in [0.15, 0.2) is 5.78 Å². The molecule has 1 aromatic rings. The molecule has 86 valence electrons. The Hall–Kier alpha value is -1.42. The van der Waals surface area contributed by atoms with Crippen LogP contribution in [0.3, 0.4) is 0 Å². The van der Waals surface area contributed by atoms with Gasteiger partial charge in [0.2, 0.25) is 0 Å². The number of carbonyl (C=O) groups is 1. The second-order valence-electron chi connectivity index (χ2n) is 4.59. The molecule has 4 heteroatoms. The van der Waals surface area contributed by atoms with Gasteiger partial charge in [0, 0.05) is 12.6 Å². The lowest BCUT2D eigenvalue weighted by Gasteiger charge is -2.40. The summed E-state index contributed by atoms with van der Waals surface area (Å²) in [6, 6.07) is 3.47. The SMILES string of the molecule is NCC1(CC(=O)c2cccnc2N)CCC1. The first-order valence-corrected chi connectivity index (χ1v) is 5.61. The number of hydrogen-bond donors (Lipinski definition) is 2. The summed E-state index contributed by atoms with van der Waals surface area (Å²) < 4.78 is 0. The molecule has 1 aliphatic rings. The van der Waals surface area contributed by atoms with Gasteiger partial charge in [-0.25, -0.2) is 4.98 Å². The Balaban J connectivity index is 2.11. The van der Waals surface area contributed by atoms with E-state index in [1.165, 1.54) is 6.42 Å². The van der Waals surface area contributed by atoms with Crippen LogP contribution in [0.1, 0.15) is 36.0 Å². The number of Topliss-reactive ketones (excluding diaryl/α,β-unsaturated/α-hetero) is 1. The molecule has 1 heterocycles. The van der Waals surface area contributed by atoms with Gasteiger partial charge in [0.05, 0.1) is 5.56 Å². The van der Waals surface area contributed by atoms with Gasteiger partial charge < -0.3 is 11.5 Å². The van der Waals surface area contributed by atoms with E-state index in [2.05, 4.69) is 4.98 Å².